The van der Waals surface area contributed by atoms with Crippen molar-refractivity contribution in [3.63, 3.8) is 0 Å². The summed E-state index contributed by atoms with van der Waals surface area (Å²) in [6.07, 6.45) is 4.23. The predicted molar refractivity (Wildman–Crippen MR) is 112 cm³/mol. The maximum atomic E-state index is 11.4. The minimum atomic E-state index is -0.458. The van der Waals surface area contributed by atoms with Gasteiger partial charge in [0.15, 0.2) is 11.5 Å². The molecule has 0 aromatic heterocycles. The molecule has 6 heteroatoms. The zero-order chi connectivity index (χ0) is 20.5. The standard InChI is InChI=1S/C23H30N2O4/c24-23(27)19-6-1-3-8-21(19)29-17-12-18-10-14-25(15-11-18)13-5-16-28-22-9-4-2-7-20(22)26/h1-4,6-9,18,26H,5,10-17H2,(H2,24,27). The van der Waals surface area contributed by atoms with Crippen LogP contribution in [0.25, 0.3) is 0 Å². The fourth-order valence-corrected chi connectivity index (χ4v) is 3.68. The van der Waals surface area contributed by atoms with Gasteiger partial charge in [-0.05, 0) is 69.0 Å². The average molecular weight is 399 g/mol. The molecule has 3 rings (SSSR count). The van der Waals surface area contributed by atoms with Gasteiger partial charge in [-0.1, -0.05) is 24.3 Å². The molecule has 156 valence electrons. The Hall–Kier alpha value is -2.73. The van der Waals surface area contributed by atoms with Gasteiger partial charge in [-0.2, -0.15) is 0 Å². The lowest BCUT2D eigenvalue weighted by Gasteiger charge is -2.31. The second-order valence-electron chi connectivity index (χ2n) is 7.45. The van der Waals surface area contributed by atoms with E-state index in [0.717, 1.165) is 45.3 Å². The first-order valence-electron chi connectivity index (χ1n) is 10.3. The van der Waals surface area contributed by atoms with Crippen LogP contribution in [0.3, 0.4) is 0 Å². The van der Waals surface area contributed by atoms with Crippen molar-refractivity contribution in [3.05, 3.63) is 54.1 Å². The van der Waals surface area contributed by atoms with Crippen LogP contribution in [-0.2, 0) is 0 Å². The Morgan fingerprint density at radius 1 is 1.00 bits per heavy atom. The molecule has 0 saturated carbocycles. The Morgan fingerprint density at radius 2 is 1.66 bits per heavy atom. The number of hydrogen-bond acceptors (Lipinski definition) is 5. The molecule has 0 bridgehead atoms. The van der Waals surface area contributed by atoms with Crippen molar-refractivity contribution < 1.29 is 19.4 Å². The van der Waals surface area contributed by atoms with Gasteiger partial charge in [0, 0.05) is 6.54 Å². The highest BCUT2D eigenvalue weighted by molar-refractivity contribution is 5.95. The van der Waals surface area contributed by atoms with E-state index in [1.807, 2.05) is 12.1 Å². The third-order valence-corrected chi connectivity index (χ3v) is 5.38. The summed E-state index contributed by atoms with van der Waals surface area (Å²) in [5, 5.41) is 9.71. The zero-order valence-corrected chi connectivity index (χ0v) is 16.8. The molecular formula is C23H30N2O4. The first kappa shape index (κ1) is 21.0. The number of phenolic OH excluding ortho intramolecular Hbond substituents is 1. The van der Waals surface area contributed by atoms with E-state index in [0.29, 0.717) is 36.2 Å². The van der Waals surface area contributed by atoms with Gasteiger partial charge in [-0.25, -0.2) is 0 Å². The largest absolute Gasteiger partial charge is 0.504 e. The topological polar surface area (TPSA) is 85.0 Å². The summed E-state index contributed by atoms with van der Waals surface area (Å²) in [7, 11) is 0. The van der Waals surface area contributed by atoms with Gasteiger partial charge in [-0.3, -0.25) is 4.79 Å². The fourth-order valence-electron chi connectivity index (χ4n) is 3.68. The predicted octanol–water partition coefficient (Wildman–Crippen LogP) is 3.44. The van der Waals surface area contributed by atoms with Crippen molar-refractivity contribution >= 4 is 5.91 Å². The van der Waals surface area contributed by atoms with Crippen molar-refractivity contribution in [3.8, 4) is 17.2 Å². The summed E-state index contributed by atoms with van der Waals surface area (Å²) in [5.41, 5.74) is 5.83. The summed E-state index contributed by atoms with van der Waals surface area (Å²) >= 11 is 0. The lowest BCUT2D eigenvalue weighted by atomic mass is 9.94. The van der Waals surface area contributed by atoms with E-state index in [1.54, 1.807) is 36.4 Å². The highest BCUT2D eigenvalue weighted by atomic mass is 16.5. The number of likely N-dealkylation sites (tertiary alicyclic amines) is 1. The van der Waals surface area contributed by atoms with Crippen LogP contribution in [-0.4, -0.2) is 48.8 Å². The highest BCUT2D eigenvalue weighted by Gasteiger charge is 2.19. The number of rotatable bonds is 10. The third kappa shape index (κ3) is 6.39. The van der Waals surface area contributed by atoms with Gasteiger partial charge >= 0.3 is 0 Å². The van der Waals surface area contributed by atoms with Crippen LogP contribution >= 0.6 is 0 Å². The van der Waals surface area contributed by atoms with E-state index < -0.39 is 5.91 Å². The molecule has 0 unspecified atom stereocenters. The number of amides is 1. The van der Waals surface area contributed by atoms with E-state index in [2.05, 4.69) is 4.90 Å². The number of phenols is 1. The Balaban J connectivity index is 1.30. The summed E-state index contributed by atoms with van der Waals surface area (Å²) in [6.45, 7) is 4.37. The second-order valence-corrected chi connectivity index (χ2v) is 7.45. The molecule has 0 radical (unpaired) electrons. The summed E-state index contributed by atoms with van der Waals surface area (Å²) in [4.78, 5) is 13.9. The average Bonchev–Trinajstić information content (AvgIpc) is 2.74. The normalized spacial score (nSPS) is 15.2. The molecular weight excluding hydrogens is 368 g/mol. The van der Waals surface area contributed by atoms with E-state index in [9.17, 15) is 9.90 Å². The number of nitrogens with two attached hydrogens (primary N) is 1. The minimum Gasteiger partial charge on any atom is -0.504 e. The van der Waals surface area contributed by atoms with E-state index in [1.165, 1.54) is 0 Å². The van der Waals surface area contributed by atoms with Gasteiger partial charge in [0.05, 0.1) is 18.8 Å². The fraction of sp³-hybridized carbons (Fsp3) is 0.435. The van der Waals surface area contributed by atoms with Gasteiger partial charge in [-0.15, -0.1) is 0 Å². The number of primary amides is 1. The maximum absolute atomic E-state index is 11.4. The smallest absolute Gasteiger partial charge is 0.252 e. The molecule has 0 aliphatic carbocycles. The maximum Gasteiger partial charge on any atom is 0.252 e. The number of benzene rings is 2. The molecule has 2 aromatic carbocycles. The van der Waals surface area contributed by atoms with Crippen molar-refractivity contribution in [2.75, 3.05) is 32.8 Å². The second kappa shape index (κ2) is 10.7. The van der Waals surface area contributed by atoms with Gasteiger partial charge in [0.25, 0.3) is 5.91 Å². The van der Waals surface area contributed by atoms with Crippen molar-refractivity contribution in [2.24, 2.45) is 11.7 Å². The Labute approximate surface area is 172 Å². The highest BCUT2D eigenvalue weighted by Crippen LogP contribution is 2.25. The molecule has 2 aromatic rings. The van der Waals surface area contributed by atoms with Crippen molar-refractivity contribution in [2.45, 2.75) is 25.7 Å². The van der Waals surface area contributed by atoms with Crippen molar-refractivity contribution in [1.29, 1.82) is 0 Å². The van der Waals surface area contributed by atoms with E-state index >= 15 is 0 Å². The molecule has 3 N–H and O–H groups in total. The lowest BCUT2D eigenvalue weighted by Crippen LogP contribution is -2.35. The number of aromatic hydroxyl groups is 1. The molecule has 1 amide bonds. The molecule has 29 heavy (non-hydrogen) atoms. The molecule has 1 saturated heterocycles. The number of carbonyl (C=O) groups excluding carboxylic acids is 1. The zero-order valence-electron chi connectivity index (χ0n) is 16.8. The van der Waals surface area contributed by atoms with Crippen LogP contribution in [0.5, 0.6) is 17.2 Å². The Morgan fingerprint density at radius 3 is 2.38 bits per heavy atom. The van der Waals surface area contributed by atoms with Crippen LogP contribution in [0.15, 0.2) is 48.5 Å². The van der Waals surface area contributed by atoms with Gasteiger partial charge < -0.3 is 25.2 Å². The van der Waals surface area contributed by atoms with Crippen LogP contribution in [0.2, 0.25) is 0 Å². The van der Waals surface area contributed by atoms with Gasteiger partial charge in [0.1, 0.15) is 5.75 Å². The number of piperidine rings is 1. The number of para-hydroxylation sites is 3. The summed E-state index contributed by atoms with van der Waals surface area (Å²) in [5.74, 6) is 1.49. The minimum absolute atomic E-state index is 0.189. The quantitative estimate of drug-likeness (QED) is 0.599. The Bertz CT molecular complexity index is 788. The van der Waals surface area contributed by atoms with E-state index in [4.69, 9.17) is 15.2 Å². The molecule has 0 spiro atoms. The van der Waals surface area contributed by atoms with Crippen LogP contribution in [0.4, 0.5) is 0 Å². The lowest BCUT2D eigenvalue weighted by molar-refractivity contribution is 0.0995. The Kier molecular flexibility index (Phi) is 7.76. The molecule has 1 fully saturated rings. The van der Waals surface area contributed by atoms with Gasteiger partial charge in [0.2, 0.25) is 0 Å². The van der Waals surface area contributed by atoms with Crippen LogP contribution < -0.4 is 15.2 Å². The number of carbonyl (C=O) groups is 1. The van der Waals surface area contributed by atoms with E-state index in [-0.39, 0.29) is 5.75 Å². The third-order valence-electron chi connectivity index (χ3n) is 5.38. The molecule has 1 aliphatic rings. The summed E-state index contributed by atoms with van der Waals surface area (Å²) in [6, 6.07) is 14.2. The molecule has 1 aliphatic heterocycles. The monoisotopic (exact) mass is 398 g/mol. The van der Waals surface area contributed by atoms with Crippen LogP contribution in [0, 0.1) is 5.92 Å². The number of ether oxygens (including phenoxy) is 2. The molecule has 0 atom stereocenters. The summed E-state index contributed by atoms with van der Waals surface area (Å²) < 4.78 is 11.5. The first-order valence-corrected chi connectivity index (χ1v) is 10.3. The number of hydrogen-bond donors (Lipinski definition) is 2. The van der Waals surface area contributed by atoms with Crippen LogP contribution in [0.1, 0.15) is 36.0 Å². The molecule has 6 nitrogen and oxygen atoms in total. The molecule has 1 heterocycles. The SMILES string of the molecule is NC(=O)c1ccccc1OCCC1CCN(CCCOc2ccccc2O)CC1. The number of nitrogens with zero attached hydrogens (tertiary/aromatic N) is 1. The first-order chi connectivity index (χ1) is 14.1. The van der Waals surface area contributed by atoms with Crippen molar-refractivity contribution in [1.82, 2.24) is 4.90 Å².